The fraction of sp³-hybridized carbons (Fsp3) is 0. The molecule has 0 aliphatic heterocycles. The molecule has 0 saturated heterocycles. The first-order chi connectivity index (χ1) is 5.69. The van der Waals surface area contributed by atoms with Gasteiger partial charge in [0.15, 0.2) is 0 Å². The number of nitrogens with zero attached hydrogens (tertiary/aromatic N) is 1. The number of benzene rings is 1. The molecule has 3 nitrogen and oxygen atoms in total. The van der Waals surface area contributed by atoms with E-state index >= 15 is 0 Å². The molecule has 0 radical (unpaired) electrons. The molecule has 0 amide bonds. The van der Waals surface area contributed by atoms with Crippen molar-refractivity contribution >= 4 is 11.4 Å². The number of nitriles is 1. The van der Waals surface area contributed by atoms with Crippen LogP contribution in [0.1, 0.15) is 11.1 Å². The Balaban J connectivity index is 3.44. The lowest BCUT2D eigenvalue weighted by Gasteiger charge is -2.01. The first-order valence-electron chi connectivity index (χ1n) is 3.24. The van der Waals surface area contributed by atoms with E-state index in [1.165, 1.54) is 12.1 Å². The lowest BCUT2D eigenvalue weighted by molar-refractivity contribution is 1.47. The van der Waals surface area contributed by atoms with Gasteiger partial charge in [-0.25, -0.2) is 0 Å². The minimum absolute atomic E-state index is 0.379. The zero-order chi connectivity index (χ0) is 9.14. The lowest BCUT2D eigenvalue weighted by Crippen LogP contribution is -1.97. The molecule has 0 unspecified atom stereocenters. The predicted molar refractivity (Wildman–Crippen MR) is 47.9 cm³/mol. The molecular formula is C9H7N3. The van der Waals surface area contributed by atoms with Crippen molar-refractivity contribution in [3.63, 3.8) is 0 Å². The largest absolute Gasteiger partial charge is 0.397 e. The van der Waals surface area contributed by atoms with E-state index in [1.807, 2.05) is 6.07 Å². The Morgan fingerprint density at radius 2 is 1.67 bits per heavy atom. The van der Waals surface area contributed by atoms with E-state index in [9.17, 15) is 0 Å². The van der Waals surface area contributed by atoms with E-state index in [-0.39, 0.29) is 0 Å². The SMILES string of the molecule is C#Cc1cc(N)c(N)cc1C#N. The van der Waals surface area contributed by atoms with E-state index in [0.717, 1.165) is 0 Å². The molecule has 0 bridgehead atoms. The van der Waals surface area contributed by atoms with Crippen LogP contribution in [0, 0.1) is 23.7 Å². The molecule has 4 N–H and O–H groups in total. The highest BCUT2D eigenvalue weighted by Crippen LogP contribution is 2.19. The third kappa shape index (κ3) is 1.16. The van der Waals surface area contributed by atoms with Gasteiger partial charge in [-0.05, 0) is 12.1 Å². The number of nitrogen functional groups attached to an aromatic ring is 2. The summed E-state index contributed by atoms with van der Waals surface area (Å²) in [5.41, 5.74) is 12.6. The Hall–Kier alpha value is -2.13. The maximum absolute atomic E-state index is 8.62. The average Bonchev–Trinajstić information content (AvgIpc) is 2.09. The van der Waals surface area contributed by atoms with Crippen molar-refractivity contribution in [3.8, 4) is 18.4 Å². The molecule has 1 aromatic carbocycles. The average molecular weight is 157 g/mol. The van der Waals surface area contributed by atoms with Crippen molar-refractivity contribution in [2.45, 2.75) is 0 Å². The molecule has 0 aliphatic carbocycles. The third-order valence-corrected chi connectivity index (χ3v) is 1.50. The predicted octanol–water partition coefficient (Wildman–Crippen LogP) is 0.704. The smallest absolute Gasteiger partial charge is 0.101 e. The number of anilines is 2. The molecule has 0 aromatic heterocycles. The molecule has 0 saturated carbocycles. The van der Waals surface area contributed by atoms with Crippen LogP contribution in [0.4, 0.5) is 11.4 Å². The topological polar surface area (TPSA) is 75.8 Å². The van der Waals surface area contributed by atoms with Crippen molar-refractivity contribution < 1.29 is 0 Å². The molecule has 1 aromatic rings. The molecule has 0 aliphatic rings. The van der Waals surface area contributed by atoms with E-state index < -0.39 is 0 Å². The quantitative estimate of drug-likeness (QED) is 0.430. The van der Waals surface area contributed by atoms with Crippen LogP contribution in [-0.2, 0) is 0 Å². The van der Waals surface area contributed by atoms with Gasteiger partial charge in [-0.2, -0.15) is 5.26 Å². The van der Waals surface area contributed by atoms with Crippen LogP contribution in [0.15, 0.2) is 12.1 Å². The fourth-order valence-electron chi connectivity index (χ4n) is 0.845. The van der Waals surface area contributed by atoms with Gasteiger partial charge in [-0.3, -0.25) is 0 Å². The summed E-state index contributed by atoms with van der Waals surface area (Å²) < 4.78 is 0. The Kier molecular flexibility index (Phi) is 1.90. The van der Waals surface area contributed by atoms with Crippen molar-refractivity contribution in [2.75, 3.05) is 11.5 Å². The summed E-state index contributed by atoms with van der Waals surface area (Å²) in [5.74, 6) is 2.36. The van der Waals surface area contributed by atoms with Crippen molar-refractivity contribution in [2.24, 2.45) is 0 Å². The highest BCUT2D eigenvalue weighted by Gasteiger charge is 2.02. The normalized spacial score (nSPS) is 8.50. The van der Waals surface area contributed by atoms with Gasteiger partial charge in [-0.1, -0.05) is 5.92 Å². The van der Waals surface area contributed by atoms with Crippen molar-refractivity contribution in [1.29, 1.82) is 5.26 Å². The van der Waals surface area contributed by atoms with Gasteiger partial charge < -0.3 is 11.5 Å². The molecule has 0 fully saturated rings. The monoisotopic (exact) mass is 157 g/mol. The summed E-state index contributed by atoms with van der Waals surface area (Å²) in [5, 5.41) is 8.62. The molecule has 12 heavy (non-hydrogen) atoms. The first kappa shape index (κ1) is 7.97. The maximum Gasteiger partial charge on any atom is 0.101 e. The molecule has 0 spiro atoms. The van der Waals surface area contributed by atoms with E-state index in [1.54, 1.807) is 0 Å². The van der Waals surface area contributed by atoms with Gasteiger partial charge in [0.25, 0.3) is 0 Å². The number of hydrogen-bond acceptors (Lipinski definition) is 3. The number of terminal acetylenes is 1. The van der Waals surface area contributed by atoms with Crippen molar-refractivity contribution in [1.82, 2.24) is 0 Å². The summed E-state index contributed by atoms with van der Waals surface area (Å²) in [4.78, 5) is 0. The van der Waals surface area contributed by atoms with Gasteiger partial charge in [0.1, 0.15) is 6.07 Å². The Bertz CT molecular complexity index is 354. The highest BCUT2D eigenvalue weighted by atomic mass is 14.7. The molecule has 1 rings (SSSR count). The minimum atomic E-state index is 0.379. The van der Waals surface area contributed by atoms with Gasteiger partial charge >= 0.3 is 0 Å². The van der Waals surface area contributed by atoms with Crippen LogP contribution >= 0.6 is 0 Å². The first-order valence-corrected chi connectivity index (χ1v) is 3.24. The van der Waals surface area contributed by atoms with Gasteiger partial charge in [0.2, 0.25) is 0 Å². The summed E-state index contributed by atoms with van der Waals surface area (Å²) in [6, 6.07) is 4.93. The summed E-state index contributed by atoms with van der Waals surface area (Å²) in [6.07, 6.45) is 5.15. The van der Waals surface area contributed by atoms with E-state index in [0.29, 0.717) is 22.5 Å². The van der Waals surface area contributed by atoms with Crippen LogP contribution in [0.25, 0.3) is 0 Å². The van der Waals surface area contributed by atoms with Gasteiger partial charge in [0, 0.05) is 5.56 Å². The zero-order valence-electron chi connectivity index (χ0n) is 6.33. The van der Waals surface area contributed by atoms with E-state index in [4.69, 9.17) is 23.2 Å². The Labute approximate surface area is 70.6 Å². The maximum atomic E-state index is 8.62. The van der Waals surface area contributed by atoms with E-state index in [2.05, 4.69) is 5.92 Å². The summed E-state index contributed by atoms with van der Waals surface area (Å²) in [6.45, 7) is 0. The van der Waals surface area contributed by atoms with Crippen LogP contribution in [0.2, 0.25) is 0 Å². The molecule has 58 valence electrons. The Morgan fingerprint density at radius 3 is 2.08 bits per heavy atom. The van der Waals surface area contributed by atoms with Gasteiger partial charge in [-0.15, -0.1) is 6.42 Å². The molecular weight excluding hydrogens is 150 g/mol. The zero-order valence-corrected chi connectivity index (χ0v) is 6.33. The van der Waals surface area contributed by atoms with Crippen LogP contribution < -0.4 is 11.5 Å². The van der Waals surface area contributed by atoms with Crippen LogP contribution in [0.3, 0.4) is 0 Å². The molecule has 0 atom stereocenters. The molecule has 3 heteroatoms. The lowest BCUT2D eigenvalue weighted by atomic mass is 10.1. The van der Waals surface area contributed by atoms with Crippen LogP contribution in [0.5, 0.6) is 0 Å². The fourth-order valence-corrected chi connectivity index (χ4v) is 0.845. The third-order valence-electron chi connectivity index (χ3n) is 1.50. The number of hydrogen-bond donors (Lipinski definition) is 2. The summed E-state index contributed by atoms with van der Waals surface area (Å²) >= 11 is 0. The standard InChI is InChI=1S/C9H7N3/c1-2-6-3-8(11)9(12)4-7(6)5-10/h1,3-4H,11-12H2. The molecule has 0 heterocycles. The second kappa shape index (κ2) is 2.86. The van der Waals surface area contributed by atoms with Crippen molar-refractivity contribution in [3.05, 3.63) is 23.3 Å². The highest BCUT2D eigenvalue weighted by molar-refractivity contribution is 5.69. The van der Waals surface area contributed by atoms with Gasteiger partial charge in [0.05, 0.1) is 16.9 Å². The Morgan fingerprint density at radius 1 is 1.17 bits per heavy atom. The summed E-state index contributed by atoms with van der Waals surface area (Å²) in [7, 11) is 0. The van der Waals surface area contributed by atoms with Crippen LogP contribution in [-0.4, -0.2) is 0 Å². The number of nitrogens with two attached hydrogens (primary N) is 2. The minimum Gasteiger partial charge on any atom is -0.397 e. The second-order valence-corrected chi connectivity index (χ2v) is 2.28. The number of rotatable bonds is 0. The second-order valence-electron chi connectivity index (χ2n) is 2.28.